The van der Waals surface area contributed by atoms with Crippen LogP contribution in [-0.4, -0.2) is 46.0 Å². The Balaban J connectivity index is 1.61. The fourth-order valence-corrected chi connectivity index (χ4v) is 4.86. The molecule has 34 heavy (non-hydrogen) atoms. The van der Waals surface area contributed by atoms with Crippen molar-refractivity contribution in [2.24, 2.45) is 0 Å². The smallest absolute Gasteiger partial charge is 0.240 e. The van der Waals surface area contributed by atoms with E-state index in [1.807, 2.05) is 38.1 Å². The zero-order valence-corrected chi connectivity index (χ0v) is 20.7. The molecule has 8 heteroatoms. The van der Waals surface area contributed by atoms with Crippen LogP contribution in [0.5, 0.6) is 0 Å². The van der Waals surface area contributed by atoms with E-state index in [2.05, 4.69) is 10.6 Å². The molecular formula is C26H33N3O4S. The Morgan fingerprint density at radius 1 is 0.853 bits per heavy atom. The Morgan fingerprint density at radius 2 is 1.44 bits per heavy atom. The van der Waals surface area contributed by atoms with Crippen LogP contribution in [0.3, 0.4) is 0 Å². The van der Waals surface area contributed by atoms with Crippen molar-refractivity contribution in [3.8, 4) is 0 Å². The summed E-state index contributed by atoms with van der Waals surface area (Å²) in [6.07, 6.45) is 5.27. The summed E-state index contributed by atoms with van der Waals surface area (Å²) in [5, 5.41) is 5.73. The van der Waals surface area contributed by atoms with Gasteiger partial charge in [0.1, 0.15) is 18.1 Å². The third kappa shape index (κ3) is 8.09. The molecular weight excluding hydrogens is 450 g/mol. The number of nitrogens with zero attached hydrogens (tertiary/aromatic N) is 1. The molecule has 1 saturated carbocycles. The summed E-state index contributed by atoms with van der Waals surface area (Å²) in [5.74, 6) is -1.75. The summed E-state index contributed by atoms with van der Waals surface area (Å²) in [6, 6.07) is 14.7. The lowest BCUT2D eigenvalue weighted by molar-refractivity contribution is -0.123. The maximum Gasteiger partial charge on any atom is 0.240 e. The molecule has 0 heterocycles. The van der Waals surface area contributed by atoms with E-state index in [-0.39, 0.29) is 30.0 Å². The number of hydrogen-bond donors (Lipinski definition) is 2. The number of aryl methyl sites for hydroxylation is 2. The summed E-state index contributed by atoms with van der Waals surface area (Å²) in [5.41, 5.74) is 3.27. The highest BCUT2D eigenvalue weighted by Gasteiger charge is 2.24. The van der Waals surface area contributed by atoms with Crippen molar-refractivity contribution < 1.29 is 18.6 Å². The molecule has 0 spiro atoms. The maximum absolute atomic E-state index is 13.1. The molecule has 7 nitrogen and oxygen atoms in total. The van der Waals surface area contributed by atoms with Crippen LogP contribution in [0.4, 0.5) is 11.4 Å². The molecule has 1 aliphatic rings. The summed E-state index contributed by atoms with van der Waals surface area (Å²) < 4.78 is 12.6. The van der Waals surface area contributed by atoms with Gasteiger partial charge in [-0.1, -0.05) is 54.7 Å². The lowest BCUT2D eigenvalue weighted by Crippen LogP contribution is -2.46. The number of rotatable bonds is 9. The molecule has 2 N–H and O–H groups in total. The second kappa shape index (κ2) is 12.5. The van der Waals surface area contributed by atoms with Gasteiger partial charge in [0, 0.05) is 28.2 Å². The van der Waals surface area contributed by atoms with Crippen LogP contribution in [0.15, 0.2) is 48.5 Å². The molecule has 0 aromatic heterocycles. The second-order valence-corrected chi connectivity index (χ2v) is 10.3. The normalized spacial score (nSPS) is 14.8. The first-order valence-corrected chi connectivity index (χ1v) is 13.2. The lowest BCUT2D eigenvalue weighted by atomic mass is 9.95. The van der Waals surface area contributed by atoms with E-state index in [0.717, 1.165) is 36.8 Å². The lowest BCUT2D eigenvalue weighted by Gasteiger charge is -2.26. The van der Waals surface area contributed by atoms with Gasteiger partial charge in [0.05, 0.1) is 0 Å². The fourth-order valence-electron chi connectivity index (χ4n) is 3.96. The fraction of sp³-hybridized carbons (Fsp3) is 0.423. The molecule has 1 atom stereocenters. The number of benzene rings is 2. The third-order valence-corrected chi connectivity index (χ3v) is 6.98. The van der Waals surface area contributed by atoms with Gasteiger partial charge >= 0.3 is 0 Å². The van der Waals surface area contributed by atoms with Crippen LogP contribution in [0.25, 0.3) is 0 Å². The zero-order chi connectivity index (χ0) is 24.5. The minimum absolute atomic E-state index is 0.135. The highest BCUT2D eigenvalue weighted by molar-refractivity contribution is 7.86. The van der Waals surface area contributed by atoms with Gasteiger partial charge in [0.25, 0.3) is 0 Å². The number of nitrogens with one attached hydrogen (secondary N) is 2. The zero-order valence-electron chi connectivity index (χ0n) is 19.8. The largest absolute Gasteiger partial charge is 0.352 e. The van der Waals surface area contributed by atoms with E-state index in [1.165, 1.54) is 11.3 Å². The van der Waals surface area contributed by atoms with Crippen molar-refractivity contribution in [1.29, 1.82) is 0 Å². The molecule has 0 bridgehead atoms. The maximum atomic E-state index is 13.1. The number of anilines is 2. The Morgan fingerprint density at radius 3 is 2.06 bits per heavy atom. The SMILES string of the molecule is Cc1ccc(NC(=O)C[S@@](=O)CC(=O)N(CC(=O)NC2CCCCC2)c2ccc(C)cc2)cc1. The van der Waals surface area contributed by atoms with Gasteiger partial charge in [-0.2, -0.15) is 0 Å². The van der Waals surface area contributed by atoms with E-state index < -0.39 is 22.6 Å². The van der Waals surface area contributed by atoms with Gasteiger partial charge in [-0.05, 0) is 51.0 Å². The number of amides is 3. The van der Waals surface area contributed by atoms with Crippen molar-refractivity contribution in [2.75, 3.05) is 28.3 Å². The van der Waals surface area contributed by atoms with E-state index in [4.69, 9.17) is 0 Å². The van der Waals surface area contributed by atoms with Gasteiger partial charge < -0.3 is 15.5 Å². The van der Waals surface area contributed by atoms with Gasteiger partial charge in [-0.15, -0.1) is 0 Å². The van der Waals surface area contributed by atoms with E-state index in [9.17, 15) is 18.6 Å². The number of hydrogen-bond acceptors (Lipinski definition) is 4. The minimum Gasteiger partial charge on any atom is -0.352 e. The minimum atomic E-state index is -1.71. The van der Waals surface area contributed by atoms with Crippen molar-refractivity contribution in [3.05, 3.63) is 59.7 Å². The molecule has 2 aromatic carbocycles. The number of carbonyl (C=O) groups is 3. The monoisotopic (exact) mass is 483 g/mol. The molecule has 1 fully saturated rings. The first-order chi connectivity index (χ1) is 16.3. The van der Waals surface area contributed by atoms with Crippen LogP contribution in [-0.2, 0) is 25.2 Å². The second-order valence-electron chi connectivity index (χ2n) is 8.86. The van der Waals surface area contributed by atoms with E-state index in [1.54, 1.807) is 24.3 Å². The van der Waals surface area contributed by atoms with Gasteiger partial charge in [0.2, 0.25) is 17.7 Å². The Bertz CT molecular complexity index is 1020. The molecule has 0 saturated heterocycles. The summed E-state index contributed by atoms with van der Waals surface area (Å²) in [6.45, 7) is 3.74. The molecule has 0 aliphatic heterocycles. The van der Waals surface area contributed by atoms with Gasteiger partial charge in [0.15, 0.2) is 0 Å². The molecule has 0 unspecified atom stereocenters. The van der Waals surface area contributed by atoms with Gasteiger partial charge in [-0.25, -0.2) is 0 Å². The van der Waals surface area contributed by atoms with Crippen molar-refractivity contribution in [1.82, 2.24) is 5.32 Å². The first kappa shape index (κ1) is 25.6. The average molecular weight is 484 g/mol. The van der Waals surface area contributed by atoms with Gasteiger partial charge in [-0.3, -0.25) is 18.6 Å². The summed E-state index contributed by atoms with van der Waals surface area (Å²) in [4.78, 5) is 39.4. The Kier molecular flexibility index (Phi) is 9.39. The quantitative estimate of drug-likeness (QED) is 0.571. The van der Waals surface area contributed by atoms with Crippen molar-refractivity contribution in [2.45, 2.75) is 52.0 Å². The predicted molar refractivity (Wildman–Crippen MR) is 136 cm³/mol. The first-order valence-electron chi connectivity index (χ1n) is 11.7. The molecule has 182 valence electrons. The van der Waals surface area contributed by atoms with Crippen LogP contribution in [0.2, 0.25) is 0 Å². The standard InChI is InChI=1S/C26H33N3O4S/c1-19-8-12-22(13-9-19)28-25(31)17-34(33)18-26(32)29(23-14-10-20(2)11-15-23)16-24(30)27-21-6-4-3-5-7-21/h8-15,21H,3-7,16-18H2,1-2H3,(H,27,30)(H,28,31)/t34-/m1/s1. The van der Waals surface area contributed by atoms with Crippen molar-refractivity contribution in [3.63, 3.8) is 0 Å². The highest BCUT2D eigenvalue weighted by atomic mass is 32.2. The molecule has 0 radical (unpaired) electrons. The van der Waals surface area contributed by atoms with E-state index >= 15 is 0 Å². The molecule has 3 rings (SSSR count). The Labute approximate surface area is 203 Å². The van der Waals surface area contributed by atoms with E-state index in [0.29, 0.717) is 11.4 Å². The average Bonchev–Trinajstić information content (AvgIpc) is 2.80. The van der Waals surface area contributed by atoms with Crippen LogP contribution < -0.4 is 15.5 Å². The molecule has 2 aromatic rings. The van der Waals surface area contributed by atoms with Crippen LogP contribution >= 0.6 is 0 Å². The predicted octanol–water partition coefficient (Wildman–Crippen LogP) is 3.47. The Hall–Kier alpha value is -3.00. The van der Waals surface area contributed by atoms with Crippen LogP contribution in [0.1, 0.15) is 43.2 Å². The molecule has 1 aliphatic carbocycles. The molecule has 3 amide bonds. The summed E-state index contributed by atoms with van der Waals surface area (Å²) >= 11 is 0. The van der Waals surface area contributed by atoms with Crippen molar-refractivity contribution >= 4 is 39.9 Å². The summed E-state index contributed by atoms with van der Waals surface area (Å²) in [7, 11) is -1.71. The third-order valence-electron chi connectivity index (χ3n) is 5.83. The highest BCUT2D eigenvalue weighted by Crippen LogP contribution is 2.19. The van der Waals surface area contributed by atoms with Crippen LogP contribution in [0, 0.1) is 13.8 Å². The topological polar surface area (TPSA) is 95.6 Å². The number of carbonyl (C=O) groups excluding carboxylic acids is 3.